The molecule has 0 bridgehead atoms. The van der Waals surface area contributed by atoms with Gasteiger partial charge in [0.1, 0.15) is 12.7 Å². The maximum Gasteiger partial charge on any atom is 0.189 e. The summed E-state index contributed by atoms with van der Waals surface area (Å²) in [5.41, 5.74) is 16.2. The van der Waals surface area contributed by atoms with Crippen molar-refractivity contribution in [3.8, 4) is 0 Å². The molecular weight excluding hydrogens is 220 g/mol. The van der Waals surface area contributed by atoms with Crippen molar-refractivity contribution >= 4 is 5.78 Å². The molecule has 0 aromatic carbocycles. The second kappa shape index (κ2) is 7.46. The van der Waals surface area contributed by atoms with E-state index in [0.29, 0.717) is 0 Å². The van der Waals surface area contributed by atoms with Crippen LogP contribution in [0.2, 0.25) is 0 Å². The SMILES string of the molecule is [N-]=[N+]=NC[C@@H](N=[N+]=[N-])[C@@H](O)[C@H](O)C(=O)CO. The first kappa shape index (κ1) is 14.2. The topological polar surface area (TPSA) is 175 Å². The average Bonchev–Trinajstić information content (AvgIpc) is 2.31. The number of rotatable bonds is 7. The van der Waals surface area contributed by atoms with E-state index in [1.807, 2.05) is 0 Å². The van der Waals surface area contributed by atoms with E-state index in [0.717, 1.165) is 0 Å². The van der Waals surface area contributed by atoms with Gasteiger partial charge in [-0.25, -0.2) is 0 Å². The summed E-state index contributed by atoms with van der Waals surface area (Å²) in [7, 11) is 0. The Morgan fingerprint density at radius 1 is 1.31 bits per heavy atom. The molecule has 0 saturated carbocycles. The second-order valence-electron chi connectivity index (χ2n) is 2.75. The van der Waals surface area contributed by atoms with Gasteiger partial charge in [0.05, 0.1) is 12.1 Å². The summed E-state index contributed by atoms with van der Waals surface area (Å²) in [6, 6.07) is -1.27. The van der Waals surface area contributed by atoms with Gasteiger partial charge >= 0.3 is 0 Å². The molecule has 0 saturated heterocycles. The largest absolute Gasteiger partial charge is 0.390 e. The van der Waals surface area contributed by atoms with E-state index in [4.69, 9.17) is 16.2 Å². The third-order valence-electron chi connectivity index (χ3n) is 1.74. The summed E-state index contributed by atoms with van der Waals surface area (Å²) < 4.78 is 0. The highest BCUT2D eigenvalue weighted by Gasteiger charge is 2.29. The van der Waals surface area contributed by atoms with Crippen LogP contribution in [0, 0.1) is 0 Å². The van der Waals surface area contributed by atoms with Gasteiger partial charge in [-0.2, -0.15) is 0 Å². The zero-order valence-corrected chi connectivity index (χ0v) is 8.08. The molecule has 3 N–H and O–H groups in total. The quantitative estimate of drug-likeness (QED) is 0.296. The van der Waals surface area contributed by atoms with Gasteiger partial charge in [-0.3, -0.25) is 4.79 Å². The molecule has 0 aliphatic heterocycles. The summed E-state index contributed by atoms with van der Waals surface area (Å²) in [6.07, 6.45) is -3.63. The molecule has 3 atom stereocenters. The van der Waals surface area contributed by atoms with E-state index in [-0.39, 0.29) is 0 Å². The predicted octanol–water partition coefficient (Wildman–Crippen LogP) is -0.741. The molecule has 10 heteroatoms. The van der Waals surface area contributed by atoms with Crippen LogP contribution in [0.25, 0.3) is 20.9 Å². The van der Waals surface area contributed by atoms with E-state index >= 15 is 0 Å². The number of aliphatic hydroxyl groups excluding tert-OH is 3. The monoisotopic (exact) mass is 230 g/mol. The molecule has 0 aliphatic rings. The van der Waals surface area contributed by atoms with Crippen LogP contribution < -0.4 is 0 Å². The van der Waals surface area contributed by atoms with Crippen molar-refractivity contribution in [2.75, 3.05) is 13.2 Å². The Morgan fingerprint density at radius 2 is 1.94 bits per heavy atom. The highest BCUT2D eigenvalue weighted by molar-refractivity contribution is 5.84. The van der Waals surface area contributed by atoms with E-state index in [9.17, 15) is 15.0 Å². The molecule has 0 amide bonds. The lowest BCUT2D eigenvalue weighted by molar-refractivity contribution is -0.136. The number of aliphatic hydroxyl groups is 3. The van der Waals surface area contributed by atoms with Crippen LogP contribution in [0.4, 0.5) is 0 Å². The Balaban J connectivity index is 4.71. The highest BCUT2D eigenvalue weighted by Crippen LogP contribution is 2.07. The second-order valence-corrected chi connectivity index (χ2v) is 2.75. The Bertz CT molecular complexity index is 334. The fourth-order valence-corrected chi connectivity index (χ4v) is 0.894. The van der Waals surface area contributed by atoms with Gasteiger partial charge in [0.2, 0.25) is 0 Å². The first-order chi connectivity index (χ1) is 7.58. The van der Waals surface area contributed by atoms with Crippen LogP contribution >= 0.6 is 0 Å². The van der Waals surface area contributed by atoms with Gasteiger partial charge in [-0.15, -0.1) is 0 Å². The van der Waals surface area contributed by atoms with Crippen molar-refractivity contribution in [2.45, 2.75) is 18.2 Å². The molecular formula is C6H10N6O4. The molecule has 0 aliphatic carbocycles. The first-order valence-electron chi connectivity index (χ1n) is 4.13. The first-order valence-corrected chi connectivity index (χ1v) is 4.13. The Hall–Kier alpha value is -1.83. The summed E-state index contributed by atoms with van der Waals surface area (Å²) in [4.78, 5) is 15.6. The minimum atomic E-state index is -1.89. The van der Waals surface area contributed by atoms with Crippen LogP contribution in [0.3, 0.4) is 0 Å². The van der Waals surface area contributed by atoms with Gasteiger partial charge in [-0.05, 0) is 11.1 Å². The van der Waals surface area contributed by atoms with Gasteiger partial charge in [0.25, 0.3) is 0 Å². The zero-order chi connectivity index (χ0) is 12.6. The van der Waals surface area contributed by atoms with Crippen molar-refractivity contribution in [3.05, 3.63) is 20.9 Å². The van der Waals surface area contributed by atoms with Crippen molar-refractivity contribution in [3.63, 3.8) is 0 Å². The molecule has 0 unspecified atom stereocenters. The van der Waals surface area contributed by atoms with Crippen LogP contribution in [-0.2, 0) is 4.79 Å². The Kier molecular flexibility index (Phi) is 6.61. The fraction of sp³-hybridized carbons (Fsp3) is 0.833. The minimum Gasteiger partial charge on any atom is -0.390 e. The standard InChI is InChI=1S/C6H10N6O4/c7-11-9-1-3(10-12-8)5(15)6(16)4(14)2-13/h3,5-6,13,15-16H,1-2H2/t3-,5-,6-/m1/s1. The van der Waals surface area contributed by atoms with Crippen LogP contribution in [0.1, 0.15) is 0 Å². The molecule has 0 aromatic heterocycles. The van der Waals surface area contributed by atoms with Crippen molar-refractivity contribution < 1.29 is 20.1 Å². The van der Waals surface area contributed by atoms with E-state index in [1.54, 1.807) is 0 Å². The third-order valence-corrected chi connectivity index (χ3v) is 1.74. The zero-order valence-electron chi connectivity index (χ0n) is 8.08. The Labute approximate surface area is 89.4 Å². The molecule has 0 heterocycles. The number of Topliss-reactive ketones (excluding diaryl/α,β-unsaturated/α-hetero) is 1. The molecule has 0 aromatic rings. The summed E-state index contributed by atoms with van der Waals surface area (Å²) >= 11 is 0. The number of carbonyl (C=O) groups excluding carboxylic acids is 1. The lowest BCUT2D eigenvalue weighted by Gasteiger charge is -2.20. The Morgan fingerprint density at radius 3 is 2.38 bits per heavy atom. The lowest BCUT2D eigenvalue weighted by atomic mass is 10.0. The summed E-state index contributed by atoms with van der Waals surface area (Å²) in [6.45, 7) is -1.36. The smallest absolute Gasteiger partial charge is 0.189 e. The van der Waals surface area contributed by atoms with E-state index in [2.05, 4.69) is 20.1 Å². The molecule has 10 nitrogen and oxygen atoms in total. The summed E-state index contributed by atoms with van der Waals surface area (Å²) in [5.74, 6) is -1.02. The van der Waals surface area contributed by atoms with E-state index in [1.165, 1.54) is 0 Å². The van der Waals surface area contributed by atoms with Gasteiger partial charge < -0.3 is 15.3 Å². The molecule has 16 heavy (non-hydrogen) atoms. The molecule has 0 spiro atoms. The number of hydrogen-bond acceptors (Lipinski definition) is 6. The number of azide groups is 2. The van der Waals surface area contributed by atoms with Crippen LogP contribution in [0.15, 0.2) is 10.2 Å². The number of carbonyl (C=O) groups is 1. The minimum absolute atomic E-state index is 0.405. The number of ketones is 1. The summed E-state index contributed by atoms with van der Waals surface area (Å²) in [5, 5.41) is 33.2. The van der Waals surface area contributed by atoms with E-state index < -0.39 is 37.2 Å². The number of nitrogens with zero attached hydrogens (tertiary/aromatic N) is 6. The van der Waals surface area contributed by atoms with Crippen molar-refractivity contribution in [1.82, 2.24) is 0 Å². The highest BCUT2D eigenvalue weighted by atomic mass is 16.3. The number of hydrogen-bond donors (Lipinski definition) is 3. The van der Waals surface area contributed by atoms with Crippen LogP contribution in [-0.4, -0.2) is 52.5 Å². The fourth-order valence-electron chi connectivity index (χ4n) is 0.894. The molecule has 88 valence electrons. The van der Waals surface area contributed by atoms with Crippen molar-refractivity contribution in [2.24, 2.45) is 10.2 Å². The van der Waals surface area contributed by atoms with Crippen LogP contribution in [0.5, 0.6) is 0 Å². The maximum atomic E-state index is 10.8. The van der Waals surface area contributed by atoms with Gasteiger partial charge in [0.15, 0.2) is 5.78 Å². The maximum absolute atomic E-state index is 10.8. The predicted molar refractivity (Wildman–Crippen MR) is 51.1 cm³/mol. The van der Waals surface area contributed by atoms with Crippen molar-refractivity contribution in [1.29, 1.82) is 0 Å². The third kappa shape index (κ3) is 4.13. The molecule has 0 radical (unpaired) electrons. The average molecular weight is 230 g/mol. The lowest BCUT2D eigenvalue weighted by Crippen LogP contribution is -2.43. The van der Waals surface area contributed by atoms with Gasteiger partial charge in [0, 0.05) is 16.4 Å². The van der Waals surface area contributed by atoms with Gasteiger partial charge in [-0.1, -0.05) is 10.2 Å². The molecule has 0 rings (SSSR count). The molecule has 0 fully saturated rings. The normalized spacial score (nSPS) is 15.2.